The summed E-state index contributed by atoms with van der Waals surface area (Å²) in [4.78, 5) is 8.24. The van der Waals surface area contributed by atoms with E-state index in [1.807, 2.05) is 24.3 Å². The van der Waals surface area contributed by atoms with Gasteiger partial charge in [0.15, 0.2) is 5.82 Å². The van der Waals surface area contributed by atoms with Gasteiger partial charge in [-0.3, -0.25) is 0 Å². The van der Waals surface area contributed by atoms with Crippen LogP contribution in [0.1, 0.15) is 5.82 Å². The molecule has 0 unspecified atom stereocenters. The molecule has 88 valence electrons. The van der Waals surface area contributed by atoms with E-state index in [9.17, 15) is 0 Å². The fraction of sp³-hybridized carbons (Fsp3) is 0.182. The lowest BCUT2D eigenvalue weighted by Gasteiger charge is -1.97. The minimum absolute atomic E-state index is 0.213. The molecule has 0 bridgehead atoms. The Bertz CT molecular complexity index is 533. The van der Waals surface area contributed by atoms with Crippen molar-refractivity contribution in [2.75, 3.05) is 5.88 Å². The monoisotopic (exact) mass is 250 g/mol. The number of halogens is 1. The third kappa shape index (κ3) is 2.82. The summed E-state index contributed by atoms with van der Waals surface area (Å²) >= 11 is 5.54. The summed E-state index contributed by atoms with van der Waals surface area (Å²) in [5, 5.41) is 3.73. The van der Waals surface area contributed by atoms with Crippen LogP contribution >= 0.6 is 11.6 Å². The fourth-order valence-electron chi connectivity index (χ4n) is 1.29. The van der Waals surface area contributed by atoms with Crippen LogP contribution in [0.5, 0.6) is 0 Å². The van der Waals surface area contributed by atoms with Crippen LogP contribution < -0.4 is 5.73 Å². The van der Waals surface area contributed by atoms with Crippen LogP contribution in [0.3, 0.4) is 0 Å². The second-order valence-corrected chi connectivity index (χ2v) is 3.70. The van der Waals surface area contributed by atoms with Crippen molar-refractivity contribution in [3.63, 3.8) is 0 Å². The van der Waals surface area contributed by atoms with Crippen molar-refractivity contribution < 1.29 is 4.52 Å². The van der Waals surface area contributed by atoms with Crippen LogP contribution in [0.15, 0.2) is 33.8 Å². The largest absolute Gasteiger partial charge is 0.386 e. The van der Waals surface area contributed by atoms with Crippen LogP contribution in [0.2, 0.25) is 0 Å². The molecule has 5 nitrogen and oxygen atoms in total. The quantitative estimate of drug-likeness (QED) is 0.515. The number of alkyl halides is 1. The first kappa shape index (κ1) is 11.6. The summed E-state index contributed by atoms with van der Waals surface area (Å²) in [6.07, 6.45) is 0. The van der Waals surface area contributed by atoms with Gasteiger partial charge in [-0.1, -0.05) is 5.16 Å². The Morgan fingerprint density at radius 2 is 2.12 bits per heavy atom. The summed E-state index contributed by atoms with van der Waals surface area (Å²) in [6, 6.07) is 7.31. The molecule has 0 saturated carbocycles. The van der Waals surface area contributed by atoms with Gasteiger partial charge in [0, 0.05) is 5.56 Å². The Balaban J connectivity index is 2.24. The Hall–Kier alpha value is -1.88. The van der Waals surface area contributed by atoms with Crippen LogP contribution in [0, 0.1) is 6.92 Å². The van der Waals surface area contributed by atoms with Gasteiger partial charge in [-0.2, -0.15) is 4.98 Å². The minimum atomic E-state index is 0.213. The van der Waals surface area contributed by atoms with Crippen LogP contribution in [-0.4, -0.2) is 21.9 Å². The van der Waals surface area contributed by atoms with Crippen LogP contribution in [0.4, 0.5) is 5.69 Å². The van der Waals surface area contributed by atoms with Crippen molar-refractivity contribution in [2.45, 2.75) is 6.92 Å². The summed E-state index contributed by atoms with van der Waals surface area (Å²) in [6.45, 7) is 1.77. The highest BCUT2D eigenvalue weighted by molar-refractivity contribution is 6.28. The SMILES string of the molecule is Cc1noc(-c2ccc(N=C(N)CCl)cc2)n1. The highest BCUT2D eigenvalue weighted by Crippen LogP contribution is 2.21. The summed E-state index contributed by atoms with van der Waals surface area (Å²) in [5.74, 6) is 1.69. The number of hydrogen-bond donors (Lipinski definition) is 1. The molecule has 1 aromatic heterocycles. The second-order valence-electron chi connectivity index (χ2n) is 3.43. The predicted molar refractivity (Wildman–Crippen MR) is 66.5 cm³/mol. The predicted octanol–water partition coefficient (Wildman–Crippen LogP) is 2.27. The van der Waals surface area contributed by atoms with E-state index in [4.69, 9.17) is 21.9 Å². The Labute approximate surface area is 103 Å². The third-order valence-corrected chi connectivity index (χ3v) is 2.33. The molecule has 2 N–H and O–H groups in total. The molecule has 0 aliphatic heterocycles. The lowest BCUT2D eigenvalue weighted by Crippen LogP contribution is -2.12. The molecule has 0 aliphatic carbocycles. The number of hydrogen-bond acceptors (Lipinski definition) is 4. The van der Waals surface area contributed by atoms with Crippen molar-refractivity contribution in [3.8, 4) is 11.5 Å². The molecule has 0 amide bonds. The van der Waals surface area contributed by atoms with Crippen molar-refractivity contribution in [3.05, 3.63) is 30.1 Å². The summed E-state index contributed by atoms with van der Waals surface area (Å²) in [7, 11) is 0. The van der Waals surface area contributed by atoms with E-state index in [-0.39, 0.29) is 5.88 Å². The molecule has 0 fully saturated rings. The first-order valence-corrected chi connectivity index (χ1v) is 5.52. The lowest BCUT2D eigenvalue weighted by atomic mass is 10.2. The van der Waals surface area contributed by atoms with Crippen molar-refractivity contribution >= 4 is 23.1 Å². The average Bonchev–Trinajstić information content (AvgIpc) is 2.77. The topological polar surface area (TPSA) is 77.3 Å². The van der Waals surface area contributed by atoms with Gasteiger partial charge < -0.3 is 10.3 Å². The Morgan fingerprint density at radius 3 is 2.65 bits per heavy atom. The average molecular weight is 251 g/mol. The first-order chi connectivity index (χ1) is 8.19. The molecule has 2 aromatic rings. The van der Waals surface area contributed by atoms with Crippen molar-refractivity contribution in [1.29, 1.82) is 0 Å². The normalized spacial score (nSPS) is 11.8. The Kier molecular flexibility index (Phi) is 3.39. The van der Waals surface area contributed by atoms with Gasteiger partial charge in [-0.15, -0.1) is 11.6 Å². The molecule has 0 atom stereocenters. The number of benzene rings is 1. The third-order valence-electron chi connectivity index (χ3n) is 2.05. The molecule has 6 heteroatoms. The zero-order chi connectivity index (χ0) is 12.3. The number of rotatable bonds is 3. The van der Waals surface area contributed by atoms with Gasteiger partial charge in [0.1, 0.15) is 5.84 Å². The highest BCUT2D eigenvalue weighted by atomic mass is 35.5. The number of aryl methyl sites for hydroxylation is 1. The lowest BCUT2D eigenvalue weighted by molar-refractivity contribution is 0.425. The van der Waals surface area contributed by atoms with E-state index >= 15 is 0 Å². The van der Waals surface area contributed by atoms with Crippen molar-refractivity contribution in [2.24, 2.45) is 10.7 Å². The Morgan fingerprint density at radius 1 is 1.41 bits per heavy atom. The number of nitrogens with zero attached hydrogens (tertiary/aromatic N) is 3. The standard InChI is InChI=1S/C11H11ClN4O/c1-7-14-11(17-16-7)8-2-4-9(5-3-8)15-10(13)6-12/h2-5H,6H2,1H3,(H2,13,15). The molecule has 0 saturated heterocycles. The van der Waals surface area contributed by atoms with Crippen LogP contribution in [-0.2, 0) is 0 Å². The second kappa shape index (κ2) is 4.97. The molecule has 0 radical (unpaired) electrons. The number of aliphatic imine (C=N–C) groups is 1. The molecule has 0 spiro atoms. The maximum absolute atomic E-state index is 5.54. The van der Waals surface area contributed by atoms with Gasteiger partial charge >= 0.3 is 0 Å². The van der Waals surface area contributed by atoms with Crippen molar-refractivity contribution in [1.82, 2.24) is 10.1 Å². The molecular weight excluding hydrogens is 240 g/mol. The van der Waals surface area contributed by atoms with E-state index in [0.717, 1.165) is 11.3 Å². The molecule has 1 heterocycles. The molecule has 2 rings (SSSR count). The first-order valence-electron chi connectivity index (χ1n) is 4.99. The van der Waals surface area contributed by atoms with E-state index in [1.54, 1.807) is 6.92 Å². The van der Waals surface area contributed by atoms with Gasteiger partial charge in [-0.05, 0) is 31.2 Å². The van der Waals surface area contributed by atoms with E-state index in [2.05, 4.69) is 15.1 Å². The molecule has 1 aromatic carbocycles. The van der Waals surface area contributed by atoms with E-state index < -0.39 is 0 Å². The highest BCUT2D eigenvalue weighted by Gasteiger charge is 2.05. The molecule has 17 heavy (non-hydrogen) atoms. The fourth-order valence-corrected chi connectivity index (χ4v) is 1.35. The van der Waals surface area contributed by atoms with Gasteiger partial charge in [0.05, 0.1) is 11.6 Å². The van der Waals surface area contributed by atoms with E-state index in [0.29, 0.717) is 17.6 Å². The molecular formula is C11H11ClN4O. The maximum Gasteiger partial charge on any atom is 0.257 e. The number of nitrogens with two attached hydrogens (primary N) is 1. The zero-order valence-corrected chi connectivity index (χ0v) is 9.98. The summed E-state index contributed by atoms with van der Waals surface area (Å²) in [5.41, 5.74) is 7.12. The minimum Gasteiger partial charge on any atom is -0.386 e. The van der Waals surface area contributed by atoms with Gasteiger partial charge in [0.25, 0.3) is 5.89 Å². The maximum atomic E-state index is 5.54. The smallest absolute Gasteiger partial charge is 0.257 e. The number of aromatic nitrogens is 2. The number of amidine groups is 1. The van der Waals surface area contributed by atoms with Gasteiger partial charge in [-0.25, -0.2) is 4.99 Å². The zero-order valence-electron chi connectivity index (χ0n) is 9.22. The van der Waals surface area contributed by atoms with E-state index in [1.165, 1.54) is 0 Å². The van der Waals surface area contributed by atoms with Gasteiger partial charge in [0.2, 0.25) is 0 Å². The van der Waals surface area contributed by atoms with Crippen LogP contribution in [0.25, 0.3) is 11.5 Å². The molecule has 0 aliphatic rings. The summed E-state index contributed by atoms with van der Waals surface area (Å²) < 4.78 is 5.05.